The van der Waals surface area contributed by atoms with Gasteiger partial charge in [0, 0.05) is 18.0 Å². The van der Waals surface area contributed by atoms with Gasteiger partial charge >= 0.3 is 0 Å². The number of nitrogens with one attached hydrogen (secondary N) is 1. The van der Waals surface area contributed by atoms with Crippen molar-refractivity contribution in [3.8, 4) is 12.4 Å². The highest BCUT2D eigenvalue weighted by molar-refractivity contribution is 4.77. The molecule has 0 aromatic rings. The van der Waals surface area contributed by atoms with E-state index < -0.39 is 0 Å². The average Bonchev–Trinajstić information content (AvgIpc) is 2.07. The molecule has 7 heteroatoms. The van der Waals surface area contributed by atoms with Gasteiger partial charge in [-0.25, -0.2) is 5.32 Å². The van der Waals surface area contributed by atoms with Gasteiger partial charge in [0.1, 0.15) is 0 Å². The van der Waals surface area contributed by atoms with Gasteiger partial charge in [0.05, 0.1) is 0 Å². The fourth-order valence-corrected chi connectivity index (χ4v) is 0.314. The summed E-state index contributed by atoms with van der Waals surface area (Å²) in [6, 6.07) is 0. The smallest absolute Gasteiger partial charge is 0.190 e. The molecular formula is C6H11N7. The monoisotopic (exact) mass is 181 g/mol. The van der Waals surface area contributed by atoms with E-state index in [1.807, 2.05) is 19.0 Å². The van der Waals surface area contributed by atoms with Crippen molar-refractivity contribution in [2.45, 2.75) is 0 Å². The minimum absolute atomic E-state index is 0.559. The van der Waals surface area contributed by atoms with Crippen molar-refractivity contribution in [1.82, 2.24) is 10.2 Å². The Balaban J connectivity index is 0. The van der Waals surface area contributed by atoms with E-state index in [4.69, 9.17) is 16.1 Å². The van der Waals surface area contributed by atoms with Crippen LogP contribution in [0.2, 0.25) is 0 Å². The third-order valence-electron chi connectivity index (χ3n) is 0.822. The lowest BCUT2D eigenvalue weighted by Crippen LogP contribution is -2.14. The number of hydrogen-bond acceptors (Lipinski definition) is 5. The van der Waals surface area contributed by atoms with E-state index in [9.17, 15) is 0 Å². The van der Waals surface area contributed by atoms with Gasteiger partial charge in [-0.05, 0) is 19.6 Å². The molecule has 0 atom stereocenters. The minimum Gasteiger partial charge on any atom is -0.309 e. The first-order valence-electron chi connectivity index (χ1n) is 3.37. The van der Waals surface area contributed by atoms with Crippen LogP contribution in [0, 0.1) is 22.9 Å². The molecule has 0 unspecified atom stereocenters. The van der Waals surface area contributed by atoms with E-state index in [1.165, 1.54) is 12.4 Å². The highest BCUT2D eigenvalue weighted by Crippen LogP contribution is 1.74. The minimum atomic E-state index is 0.559. The standard InChI is InChI=1S/C4H10N4.C2HN3/c1-8(2)4-3-6-7-5;3-1-5-2-4/h3-4H2,1-2H3;5H. The van der Waals surface area contributed by atoms with Crippen LogP contribution >= 0.6 is 0 Å². The molecule has 0 aromatic carbocycles. The molecule has 0 aliphatic heterocycles. The molecule has 0 saturated carbocycles. The number of rotatable bonds is 3. The van der Waals surface area contributed by atoms with Gasteiger partial charge in [-0.1, -0.05) is 5.11 Å². The van der Waals surface area contributed by atoms with Crippen molar-refractivity contribution in [2.24, 2.45) is 5.11 Å². The van der Waals surface area contributed by atoms with Crippen LogP contribution in [0.15, 0.2) is 5.11 Å². The first-order chi connectivity index (χ1) is 6.18. The Labute approximate surface area is 76.8 Å². The summed E-state index contributed by atoms with van der Waals surface area (Å²) in [6.07, 6.45) is 2.81. The molecule has 13 heavy (non-hydrogen) atoms. The van der Waals surface area contributed by atoms with Crippen molar-refractivity contribution in [3.05, 3.63) is 10.4 Å². The van der Waals surface area contributed by atoms with Crippen LogP contribution < -0.4 is 5.32 Å². The summed E-state index contributed by atoms with van der Waals surface area (Å²) in [4.78, 5) is 4.57. The van der Waals surface area contributed by atoms with Gasteiger partial charge in [0.2, 0.25) is 0 Å². The van der Waals surface area contributed by atoms with Crippen molar-refractivity contribution >= 4 is 0 Å². The maximum Gasteiger partial charge on any atom is 0.190 e. The maximum atomic E-state index is 7.82. The van der Waals surface area contributed by atoms with Crippen molar-refractivity contribution in [2.75, 3.05) is 27.2 Å². The lowest BCUT2D eigenvalue weighted by molar-refractivity contribution is 0.420. The van der Waals surface area contributed by atoms with Gasteiger partial charge in [-0.2, -0.15) is 10.5 Å². The van der Waals surface area contributed by atoms with Crippen LogP contribution in [0.4, 0.5) is 0 Å². The molecule has 7 nitrogen and oxygen atoms in total. The van der Waals surface area contributed by atoms with Crippen LogP contribution in [-0.4, -0.2) is 32.1 Å². The summed E-state index contributed by atoms with van der Waals surface area (Å²) in [5, 5.41) is 20.0. The summed E-state index contributed by atoms with van der Waals surface area (Å²) in [5.74, 6) is 0. The molecule has 0 bridgehead atoms. The molecule has 0 radical (unpaired) electrons. The number of hydrogen-bond donors (Lipinski definition) is 1. The van der Waals surface area contributed by atoms with Crippen LogP contribution in [0.5, 0.6) is 0 Å². The Morgan fingerprint density at radius 1 is 1.46 bits per heavy atom. The van der Waals surface area contributed by atoms with Crippen LogP contribution in [-0.2, 0) is 0 Å². The van der Waals surface area contributed by atoms with E-state index in [0.717, 1.165) is 6.54 Å². The second kappa shape index (κ2) is 12.7. The molecular weight excluding hydrogens is 170 g/mol. The predicted octanol–water partition coefficient (Wildman–Crippen LogP) is 0.396. The lowest BCUT2D eigenvalue weighted by atomic mass is 10.6. The first kappa shape index (κ1) is 13.6. The second-order valence-electron chi connectivity index (χ2n) is 2.11. The highest BCUT2D eigenvalue weighted by Gasteiger charge is 1.83. The molecule has 70 valence electrons. The van der Waals surface area contributed by atoms with Gasteiger partial charge in [0.15, 0.2) is 12.4 Å². The molecule has 0 saturated heterocycles. The molecule has 0 fully saturated rings. The van der Waals surface area contributed by atoms with Crippen LogP contribution in [0.25, 0.3) is 10.4 Å². The zero-order valence-electron chi connectivity index (χ0n) is 7.60. The third kappa shape index (κ3) is 25.5. The average molecular weight is 181 g/mol. The fourth-order valence-electron chi connectivity index (χ4n) is 0.314. The second-order valence-corrected chi connectivity index (χ2v) is 2.11. The summed E-state index contributed by atoms with van der Waals surface area (Å²) < 4.78 is 0. The molecule has 0 rings (SSSR count). The van der Waals surface area contributed by atoms with E-state index >= 15 is 0 Å². The number of nitrogens with zero attached hydrogens (tertiary/aromatic N) is 6. The third-order valence-corrected chi connectivity index (χ3v) is 0.822. The van der Waals surface area contributed by atoms with E-state index in [1.54, 1.807) is 5.32 Å². The summed E-state index contributed by atoms with van der Waals surface area (Å²) in [6.45, 7) is 1.38. The van der Waals surface area contributed by atoms with Gasteiger partial charge < -0.3 is 4.90 Å². The SMILES string of the molecule is CN(C)CCN=[N+]=[N-].N#CNC#N. The van der Waals surface area contributed by atoms with Gasteiger partial charge in [-0.15, -0.1) is 0 Å². The number of azide groups is 1. The Morgan fingerprint density at radius 3 is 2.23 bits per heavy atom. The molecule has 0 aromatic heterocycles. The normalized spacial score (nSPS) is 6.85. The van der Waals surface area contributed by atoms with E-state index in [2.05, 4.69) is 10.0 Å². The lowest BCUT2D eigenvalue weighted by Gasteiger charge is -2.03. The van der Waals surface area contributed by atoms with Gasteiger partial charge in [0.25, 0.3) is 0 Å². The number of nitriles is 2. The van der Waals surface area contributed by atoms with Crippen molar-refractivity contribution in [1.29, 1.82) is 10.5 Å². The van der Waals surface area contributed by atoms with Crippen molar-refractivity contribution < 1.29 is 0 Å². The Kier molecular flexibility index (Phi) is 13.3. The Bertz CT molecular complexity index is 214. The van der Waals surface area contributed by atoms with E-state index in [-0.39, 0.29) is 0 Å². The molecule has 0 spiro atoms. The molecule has 1 N–H and O–H groups in total. The largest absolute Gasteiger partial charge is 0.309 e. The predicted molar refractivity (Wildman–Crippen MR) is 46.9 cm³/mol. The maximum absolute atomic E-state index is 7.82. The Hall–Kier alpha value is -1.95. The summed E-state index contributed by atoms with van der Waals surface area (Å²) >= 11 is 0. The Morgan fingerprint density at radius 2 is 2.00 bits per heavy atom. The number of likely N-dealkylation sites (N-methyl/N-ethyl adjacent to an activating group) is 1. The fraction of sp³-hybridized carbons (Fsp3) is 0.667. The first-order valence-corrected chi connectivity index (χ1v) is 3.37. The van der Waals surface area contributed by atoms with Crippen LogP contribution in [0.1, 0.15) is 0 Å². The molecule has 0 aliphatic carbocycles. The molecule has 0 heterocycles. The summed E-state index contributed by atoms with van der Waals surface area (Å²) in [5.41, 5.74) is 7.82. The summed E-state index contributed by atoms with van der Waals surface area (Å²) in [7, 11) is 3.87. The highest BCUT2D eigenvalue weighted by atomic mass is 15.2. The van der Waals surface area contributed by atoms with Crippen molar-refractivity contribution in [3.63, 3.8) is 0 Å². The quantitative estimate of drug-likeness (QED) is 0.223. The molecule has 0 amide bonds. The van der Waals surface area contributed by atoms with Crippen LogP contribution in [0.3, 0.4) is 0 Å². The topological polar surface area (TPSA) is 112 Å². The zero-order valence-corrected chi connectivity index (χ0v) is 7.60. The van der Waals surface area contributed by atoms with E-state index in [0.29, 0.717) is 6.54 Å². The molecule has 0 aliphatic rings. The zero-order chi connectivity index (χ0) is 10.5. The van der Waals surface area contributed by atoms with Gasteiger partial charge in [-0.3, -0.25) is 0 Å².